The molecule has 6 heteroatoms. The monoisotopic (exact) mass is 274 g/mol. The Balaban J connectivity index is 2.34. The first-order chi connectivity index (χ1) is 9.45. The highest BCUT2D eigenvalue weighted by atomic mass is 16.5. The Hall–Kier alpha value is -2.63. The van der Waals surface area contributed by atoms with Crippen molar-refractivity contribution in [2.45, 2.75) is 19.4 Å². The summed E-state index contributed by atoms with van der Waals surface area (Å²) >= 11 is 0. The van der Waals surface area contributed by atoms with Crippen LogP contribution in [-0.4, -0.2) is 22.1 Å². The van der Waals surface area contributed by atoms with Gasteiger partial charge in [-0.3, -0.25) is 4.79 Å². The van der Waals surface area contributed by atoms with E-state index in [0.29, 0.717) is 11.1 Å². The van der Waals surface area contributed by atoms with Gasteiger partial charge in [-0.1, -0.05) is 35.5 Å². The number of benzene rings is 1. The van der Waals surface area contributed by atoms with Gasteiger partial charge in [0.05, 0.1) is 6.20 Å². The lowest BCUT2D eigenvalue weighted by Gasteiger charge is -2.26. The van der Waals surface area contributed by atoms with Crippen molar-refractivity contribution in [2.24, 2.45) is 0 Å². The number of hydrogen-bond acceptors (Lipinski definition) is 4. The zero-order chi connectivity index (χ0) is 14.8. The zero-order valence-electron chi connectivity index (χ0n) is 11.1. The van der Waals surface area contributed by atoms with Gasteiger partial charge >= 0.3 is 5.97 Å². The number of aromatic nitrogens is 1. The predicted octanol–water partition coefficient (Wildman–Crippen LogP) is 1.71. The molecular formula is C14H14N2O4. The van der Waals surface area contributed by atoms with E-state index in [1.165, 1.54) is 13.1 Å². The van der Waals surface area contributed by atoms with Gasteiger partial charge < -0.3 is 14.9 Å². The van der Waals surface area contributed by atoms with Crippen molar-refractivity contribution in [3.63, 3.8) is 0 Å². The van der Waals surface area contributed by atoms with Crippen molar-refractivity contribution >= 4 is 11.9 Å². The Bertz CT molecular complexity index is 636. The highest BCUT2D eigenvalue weighted by Gasteiger charge is 2.38. The normalized spacial score (nSPS) is 13.5. The number of amides is 1. The number of aliphatic carboxylic acids is 1. The van der Waals surface area contributed by atoms with Crippen LogP contribution in [0.5, 0.6) is 0 Å². The molecule has 1 heterocycles. The maximum atomic E-state index is 12.1. The van der Waals surface area contributed by atoms with Crippen molar-refractivity contribution in [1.82, 2.24) is 10.5 Å². The number of hydrogen-bond donors (Lipinski definition) is 2. The van der Waals surface area contributed by atoms with Crippen molar-refractivity contribution < 1.29 is 19.2 Å². The summed E-state index contributed by atoms with van der Waals surface area (Å²) < 4.78 is 4.83. The van der Waals surface area contributed by atoms with Crippen molar-refractivity contribution in [2.75, 3.05) is 0 Å². The topological polar surface area (TPSA) is 92.4 Å². The Kier molecular flexibility index (Phi) is 3.56. The van der Waals surface area contributed by atoms with Gasteiger partial charge in [0, 0.05) is 5.56 Å². The van der Waals surface area contributed by atoms with E-state index < -0.39 is 17.4 Å². The van der Waals surface area contributed by atoms with Crippen LogP contribution in [-0.2, 0) is 10.3 Å². The molecule has 0 aliphatic rings. The maximum Gasteiger partial charge on any atom is 0.333 e. The summed E-state index contributed by atoms with van der Waals surface area (Å²) in [4.78, 5) is 23.7. The summed E-state index contributed by atoms with van der Waals surface area (Å²) in [7, 11) is 0. The van der Waals surface area contributed by atoms with Crippen molar-refractivity contribution in [1.29, 1.82) is 0 Å². The fourth-order valence-electron chi connectivity index (χ4n) is 1.81. The molecule has 20 heavy (non-hydrogen) atoms. The second-order valence-electron chi connectivity index (χ2n) is 4.59. The molecule has 1 aromatic carbocycles. The smallest absolute Gasteiger partial charge is 0.333 e. The Morgan fingerprint density at radius 1 is 1.30 bits per heavy atom. The van der Waals surface area contributed by atoms with E-state index in [9.17, 15) is 14.7 Å². The molecule has 0 spiro atoms. The molecule has 0 aliphatic carbocycles. The van der Waals surface area contributed by atoms with E-state index in [4.69, 9.17) is 4.52 Å². The van der Waals surface area contributed by atoms with E-state index in [1.807, 2.05) is 0 Å². The van der Waals surface area contributed by atoms with Crippen LogP contribution in [0, 0.1) is 6.92 Å². The summed E-state index contributed by atoms with van der Waals surface area (Å²) in [5, 5.41) is 15.4. The highest BCUT2D eigenvalue weighted by Crippen LogP contribution is 2.22. The first-order valence-electron chi connectivity index (χ1n) is 5.98. The summed E-state index contributed by atoms with van der Waals surface area (Å²) in [6.45, 7) is 3.08. The van der Waals surface area contributed by atoms with Gasteiger partial charge in [0.15, 0.2) is 5.54 Å². The fraction of sp³-hybridized carbons (Fsp3) is 0.214. The third-order valence-electron chi connectivity index (χ3n) is 3.10. The summed E-state index contributed by atoms with van der Waals surface area (Å²) in [5.41, 5.74) is -0.529. The van der Waals surface area contributed by atoms with Gasteiger partial charge in [0.1, 0.15) is 0 Å². The Morgan fingerprint density at radius 2 is 1.95 bits per heavy atom. The molecule has 104 valence electrons. The quantitative estimate of drug-likeness (QED) is 0.885. The molecule has 2 N–H and O–H groups in total. The van der Waals surface area contributed by atoms with Crippen LogP contribution in [0.1, 0.15) is 28.6 Å². The number of aryl methyl sites for hydroxylation is 1. The van der Waals surface area contributed by atoms with Gasteiger partial charge in [-0.15, -0.1) is 0 Å². The average molecular weight is 274 g/mol. The molecule has 0 bridgehead atoms. The van der Waals surface area contributed by atoms with E-state index >= 15 is 0 Å². The van der Waals surface area contributed by atoms with Gasteiger partial charge in [0.2, 0.25) is 5.76 Å². The number of carbonyl (C=O) groups excluding carboxylic acids is 1. The van der Waals surface area contributed by atoms with E-state index in [2.05, 4.69) is 10.5 Å². The molecule has 1 atom stereocenters. The van der Waals surface area contributed by atoms with Crippen molar-refractivity contribution in [3.05, 3.63) is 53.4 Å². The van der Waals surface area contributed by atoms with Crippen LogP contribution in [0.3, 0.4) is 0 Å². The molecule has 6 nitrogen and oxygen atoms in total. The van der Waals surface area contributed by atoms with Gasteiger partial charge in [-0.25, -0.2) is 4.79 Å². The van der Waals surface area contributed by atoms with Gasteiger partial charge in [0.25, 0.3) is 5.91 Å². The average Bonchev–Trinajstić information content (AvgIpc) is 2.85. The van der Waals surface area contributed by atoms with Crippen LogP contribution in [0.2, 0.25) is 0 Å². The predicted molar refractivity (Wildman–Crippen MR) is 70.1 cm³/mol. The SMILES string of the molecule is Cc1cnoc1C(=O)NC(C)(C(=O)O)c1ccccc1. The van der Waals surface area contributed by atoms with Gasteiger partial charge in [-0.05, 0) is 19.4 Å². The Labute approximate surface area is 115 Å². The molecule has 0 fully saturated rings. The molecule has 2 aromatic rings. The highest BCUT2D eigenvalue weighted by molar-refractivity contribution is 5.96. The molecule has 2 rings (SSSR count). The lowest BCUT2D eigenvalue weighted by molar-refractivity contribution is -0.144. The van der Waals surface area contributed by atoms with E-state index in [-0.39, 0.29) is 5.76 Å². The molecule has 0 aliphatic heterocycles. The van der Waals surface area contributed by atoms with Crippen molar-refractivity contribution in [3.8, 4) is 0 Å². The summed E-state index contributed by atoms with van der Waals surface area (Å²) in [6, 6.07) is 8.47. The molecule has 0 radical (unpaired) electrons. The first-order valence-corrected chi connectivity index (χ1v) is 5.98. The molecule has 1 unspecified atom stereocenters. The molecular weight excluding hydrogens is 260 g/mol. The van der Waals surface area contributed by atoms with Crippen LogP contribution < -0.4 is 5.32 Å². The standard InChI is InChI=1S/C14H14N2O4/c1-9-8-15-20-11(9)12(17)16-14(2,13(18)19)10-6-4-3-5-7-10/h3-8H,1-2H3,(H,16,17)(H,18,19). The summed E-state index contributed by atoms with van der Waals surface area (Å²) in [5.74, 6) is -1.77. The minimum absolute atomic E-state index is 0.00778. The molecule has 0 saturated carbocycles. The second-order valence-corrected chi connectivity index (χ2v) is 4.59. The Morgan fingerprint density at radius 3 is 2.45 bits per heavy atom. The number of nitrogens with one attached hydrogen (secondary N) is 1. The van der Waals surface area contributed by atoms with Crippen LogP contribution in [0.15, 0.2) is 41.1 Å². The minimum Gasteiger partial charge on any atom is -0.479 e. The molecule has 0 saturated heterocycles. The van der Waals surface area contributed by atoms with Gasteiger partial charge in [-0.2, -0.15) is 0 Å². The van der Waals surface area contributed by atoms with E-state index in [0.717, 1.165) is 0 Å². The second kappa shape index (κ2) is 5.16. The van der Waals surface area contributed by atoms with Crippen LogP contribution in [0.25, 0.3) is 0 Å². The largest absolute Gasteiger partial charge is 0.479 e. The zero-order valence-corrected chi connectivity index (χ0v) is 11.1. The fourth-order valence-corrected chi connectivity index (χ4v) is 1.81. The number of carboxylic acid groups (broad SMARTS) is 1. The lowest BCUT2D eigenvalue weighted by atomic mass is 9.92. The number of carbonyl (C=O) groups is 2. The third-order valence-corrected chi connectivity index (χ3v) is 3.10. The third kappa shape index (κ3) is 2.40. The maximum absolute atomic E-state index is 12.1. The number of carboxylic acids is 1. The molecule has 1 amide bonds. The lowest BCUT2D eigenvalue weighted by Crippen LogP contribution is -2.49. The van der Waals surface area contributed by atoms with Crippen LogP contribution >= 0.6 is 0 Å². The molecule has 1 aromatic heterocycles. The van der Waals surface area contributed by atoms with Crippen LogP contribution in [0.4, 0.5) is 0 Å². The number of rotatable bonds is 4. The summed E-state index contributed by atoms with van der Waals surface area (Å²) in [6.07, 6.45) is 1.40. The first kappa shape index (κ1) is 13.8. The number of nitrogens with zero attached hydrogens (tertiary/aromatic N) is 1. The minimum atomic E-state index is -1.54. The van der Waals surface area contributed by atoms with E-state index in [1.54, 1.807) is 37.3 Å².